The quantitative estimate of drug-likeness (QED) is 0.420. The van der Waals surface area contributed by atoms with Crippen molar-refractivity contribution in [2.24, 2.45) is 5.92 Å². The summed E-state index contributed by atoms with van der Waals surface area (Å²) in [6.45, 7) is 2.89. The molecule has 1 aliphatic rings. The standard InChI is InChI=1S/C26H29F2N3O3/c1-18-22(17-30(14-15-33-2)25(32)19-8-6-7-9-19)26(31(29-18)21-10-4-3-5-11-21)34-24-13-12-20(27)16-23(24)28/h3-5,10-13,16,19H,6-9,14-15,17H2,1-2H3. The highest BCUT2D eigenvalue weighted by Crippen LogP contribution is 2.34. The number of methoxy groups -OCH3 is 1. The number of hydrogen-bond acceptors (Lipinski definition) is 4. The smallest absolute Gasteiger partial charge is 0.228 e. The van der Waals surface area contributed by atoms with Gasteiger partial charge in [-0.25, -0.2) is 13.5 Å². The van der Waals surface area contributed by atoms with Gasteiger partial charge in [0, 0.05) is 25.6 Å². The lowest BCUT2D eigenvalue weighted by Gasteiger charge is -2.26. The fraction of sp³-hybridized carbons (Fsp3) is 0.385. The Kier molecular flexibility index (Phi) is 7.57. The molecule has 6 nitrogen and oxygen atoms in total. The van der Waals surface area contributed by atoms with Crippen molar-refractivity contribution < 1.29 is 23.0 Å². The van der Waals surface area contributed by atoms with Gasteiger partial charge in [-0.1, -0.05) is 31.0 Å². The van der Waals surface area contributed by atoms with Crippen molar-refractivity contribution in [3.8, 4) is 17.3 Å². The van der Waals surface area contributed by atoms with Crippen LogP contribution in [0.4, 0.5) is 8.78 Å². The summed E-state index contributed by atoms with van der Waals surface area (Å²) in [4.78, 5) is 15.1. The van der Waals surface area contributed by atoms with Crippen molar-refractivity contribution >= 4 is 5.91 Å². The van der Waals surface area contributed by atoms with Gasteiger partial charge in [-0.15, -0.1) is 0 Å². The Morgan fingerprint density at radius 1 is 1.15 bits per heavy atom. The van der Waals surface area contributed by atoms with Gasteiger partial charge in [0.05, 0.1) is 30.1 Å². The first-order valence-electron chi connectivity index (χ1n) is 11.5. The molecule has 0 saturated heterocycles. The summed E-state index contributed by atoms with van der Waals surface area (Å²) in [5.74, 6) is -1.25. The largest absolute Gasteiger partial charge is 0.435 e. The zero-order valence-electron chi connectivity index (χ0n) is 19.5. The van der Waals surface area contributed by atoms with Crippen LogP contribution >= 0.6 is 0 Å². The molecule has 3 aromatic rings. The number of hydrogen-bond donors (Lipinski definition) is 0. The molecule has 4 rings (SSSR count). The van der Waals surface area contributed by atoms with Crippen LogP contribution in [0.3, 0.4) is 0 Å². The van der Waals surface area contributed by atoms with E-state index in [1.807, 2.05) is 37.3 Å². The van der Waals surface area contributed by atoms with Crippen molar-refractivity contribution in [1.82, 2.24) is 14.7 Å². The molecule has 0 radical (unpaired) electrons. The molecule has 180 valence electrons. The Hall–Kier alpha value is -3.26. The van der Waals surface area contributed by atoms with E-state index in [1.165, 1.54) is 6.07 Å². The number of aryl methyl sites for hydroxylation is 1. The van der Waals surface area contributed by atoms with E-state index < -0.39 is 11.6 Å². The number of nitrogens with zero attached hydrogens (tertiary/aromatic N) is 3. The number of halogens is 2. The van der Waals surface area contributed by atoms with Crippen molar-refractivity contribution in [3.63, 3.8) is 0 Å². The van der Waals surface area contributed by atoms with Gasteiger partial charge in [0.2, 0.25) is 11.8 Å². The van der Waals surface area contributed by atoms with E-state index >= 15 is 0 Å². The normalized spacial score (nSPS) is 13.9. The molecular formula is C26H29F2N3O3. The van der Waals surface area contributed by atoms with Crippen molar-refractivity contribution in [1.29, 1.82) is 0 Å². The second-order valence-electron chi connectivity index (χ2n) is 8.53. The number of aromatic nitrogens is 2. The van der Waals surface area contributed by atoms with Crippen molar-refractivity contribution in [2.75, 3.05) is 20.3 Å². The van der Waals surface area contributed by atoms with E-state index in [-0.39, 0.29) is 30.0 Å². The fourth-order valence-corrected chi connectivity index (χ4v) is 4.32. The zero-order valence-corrected chi connectivity index (χ0v) is 19.5. The number of rotatable bonds is 9. The maximum Gasteiger partial charge on any atom is 0.228 e. The summed E-state index contributed by atoms with van der Waals surface area (Å²) in [6, 6.07) is 12.5. The Morgan fingerprint density at radius 2 is 1.88 bits per heavy atom. The molecule has 34 heavy (non-hydrogen) atoms. The van der Waals surface area contributed by atoms with Gasteiger partial charge in [-0.05, 0) is 44.0 Å². The van der Waals surface area contributed by atoms with Crippen LogP contribution < -0.4 is 4.74 Å². The Bertz CT molecular complexity index is 1130. The maximum absolute atomic E-state index is 14.5. The van der Waals surface area contributed by atoms with Gasteiger partial charge in [0.1, 0.15) is 5.82 Å². The summed E-state index contributed by atoms with van der Waals surface area (Å²) in [5.41, 5.74) is 2.04. The van der Waals surface area contributed by atoms with E-state index in [2.05, 4.69) is 5.10 Å². The SMILES string of the molecule is COCCN(Cc1c(C)nn(-c2ccccc2)c1Oc1ccc(F)cc1F)C(=O)C1CCCC1. The van der Waals surface area contributed by atoms with Crippen LogP contribution in [0.5, 0.6) is 11.6 Å². The molecule has 8 heteroatoms. The first-order valence-corrected chi connectivity index (χ1v) is 11.5. The number of ether oxygens (including phenoxy) is 2. The lowest BCUT2D eigenvalue weighted by atomic mass is 10.1. The monoisotopic (exact) mass is 469 g/mol. The summed E-state index contributed by atoms with van der Waals surface area (Å²) in [7, 11) is 1.60. The van der Waals surface area contributed by atoms with E-state index in [0.29, 0.717) is 24.4 Å². The van der Waals surface area contributed by atoms with Crippen LogP contribution in [0, 0.1) is 24.5 Å². The van der Waals surface area contributed by atoms with Gasteiger partial charge in [0.15, 0.2) is 11.6 Å². The second kappa shape index (κ2) is 10.8. The van der Waals surface area contributed by atoms with Gasteiger partial charge < -0.3 is 14.4 Å². The molecule has 0 spiro atoms. The Balaban J connectivity index is 1.74. The molecule has 0 atom stereocenters. The number of carbonyl (C=O) groups excluding carboxylic acids is 1. The van der Waals surface area contributed by atoms with Crippen LogP contribution in [-0.2, 0) is 16.1 Å². The molecule has 0 N–H and O–H groups in total. The molecule has 1 fully saturated rings. The zero-order chi connectivity index (χ0) is 24.1. The van der Waals surface area contributed by atoms with Crippen LogP contribution in [-0.4, -0.2) is 40.8 Å². The third-order valence-electron chi connectivity index (χ3n) is 6.17. The number of carbonyl (C=O) groups is 1. The molecular weight excluding hydrogens is 440 g/mol. The molecule has 1 aromatic heterocycles. The summed E-state index contributed by atoms with van der Waals surface area (Å²) >= 11 is 0. The van der Waals surface area contributed by atoms with Crippen molar-refractivity contribution in [2.45, 2.75) is 39.2 Å². The molecule has 1 aliphatic carbocycles. The number of amides is 1. The molecule has 1 amide bonds. The van der Waals surface area contributed by atoms with Gasteiger partial charge in [0.25, 0.3) is 0 Å². The maximum atomic E-state index is 14.5. The minimum absolute atomic E-state index is 0.000224. The molecule has 0 bridgehead atoms. The molecule has 0 aliphatic heterocycles. The van der Waals surface area contributed by atoms with Gasteiger partial charge in [-0.2, -0.15) is 5.10 Å². The van der Waals surface area contributed by atoms with Gasteiger partial charge >= 0.3 is 0 Å². The first-order chi connectivity index (χ1) is 16.5. The highest BCUT2D eigenvalue weighted by atomic mass is 19.1. The van der Waals surface area contributed by atoms with E-state index in [0.717, 1.165) is 43.5 Å². The number of para-hydroxylation sites is 1. The molecule has 0 unspecified atom stereocenters. The number of benzene rings is 2. The predicted molar refractivity (Wildman–Crippen MR) is 124 cm³/mol. The summed E-state index contributed by atoms with van der Waals surface area (Å²) in [6.07, 6.45) is 3.87. The van der Waals surface area contributed by atoms with Crippen LogP contribution in [0.25, 0.3) is 5.69 Å². The van der Waals surface area contributed by atoms with E-state index in [4.69, 9.17) is 9.47 Å². The average molecular weight is 470 g/mol. The average Bonchev–Trinajstić information content (AvgIpc) is 3.47. The van der Waals surface area contributed by atoms with Gasteiger partial charge in [-0.3, -0.25) is 4.79 Å². The van der Waals surface area contributed by atoms with E-state index in [1.54, 1.807) is 16.7 Å². The Labute approximate surface area is 198 Å². The topological polar surface area (TPSA) is 56.6 Å². The second-order valence-corrected chi connectivity index (χ2v) is 8.53. The molecule has 1 heterocycles. The fourth-order valence-electron chi connectivity index (χ4n) is 4.32. The summed E-state index contributed by atoms with van der Waals surface area (Å²) in [5, 5.41) is 4.64. The van der Waals surface area contributed by atoms with Crippen LogP contribution in [0.2, 0.25) is 0 Å². The minimum Gasteiger partial charge on any atom is -0.435 e. The van der Waals surface area contributed by atoms with Crippen LogP contribution in [0.15, 0.2) is 48.5 Å². The minimum atomic E-state index is -0.817. The highest BCUT2D eigenvalue weighted by molar-refractivity contribution is 5.79. The predicted octanol–water partition coefficient (Wildman–Crippen LogP) is 5.42. The Morgan fingerprint density at radius 3 is 2.56 bits per heavy atom. The van der Waals surface area contributed by atoms with Crippen LogP contribution in [0.1, 0.15) is 36.9 Å². The molecule has 1 saturated carbocycles. The molecule has 2 aromatic carbocycles. The van der Waals surface area contributed by atoms with Crippen molar-refractivity contribution in [3.05, 3.63) is 71.4 Å². The lowest BCUT2D eigenvalue weighted by Crippen LogP contribution is -2.37. The summed E-state index contributed by atoms with van der Waals surface area (Å²) < 4.78 is 40.8. The highest BCUT2D eigenvalue weighted by Gasteiger charge is 2.30. The third kappa shape index (κ3) is 5.28. The first kappa shape index (κ1) is 23.9. The third-order valence-corrected chi connectivity index (χ3v) is 6.17. The lowest BCUT2D eigenvalue weighted by molar-refractivity contribution is -0.136. The van der Waals surface area contributed by atoms with E-state index in [9.17, 15) is 13.6 Å².